The summed E-state index contributed by atoms with van der Waals surface area (Å²) in [7, 11) is -3.82. The standard InChI is InChI=1S/C15H18N6O6S/c1-2-27-15(22)20-12-7-11(13(21(23)24)14(16)19-12)18-8-9-3-5-10(6-4-9)28(17,25)26/h3-7H,2,8H2,1H3,(H2,17,25,26)(H4,16,18,19,20,22). The van der Waals surface area contributed by atoms with Crippen molar-refractivity contribution in [2.24, 2.45) is 5.14 Å². The Labute approximate surface area is 160 Å². The van der Waals surface area contributed by atoms with E-state index < -0.39 is 32.5 Å². The zero-order chi connectivity index (χ0) is 20.9. The van der Waals surface area contributed by atoms with Crippen LogP contribution in [0.25, 0.3) is 0 Å². The molecular weight excluding hydrogens is 392 g/mol. The third-order valence-electron chi connectivity index (χ3n) is 3.44. The minimum atomic E-state index is -3.82. The number of aromatic nitrogens is 1. The smallest absolute Gasteiger partial charge is 0.412 e. The number of nitrogen functional groups attached to an aromatic ring is 1. The quantitative estimate of drug-likeness (QED) is 0.385. The van der Waals surface area contributed by atoms with Crippen LogP contribution in [0.3, 0.4) is 0 Å². The molecule has 6 N–H and O–H groups in total. The highest BCUT2D eigenvalue weighted by Crippen LogP contribution is 2.32. The monoisotopic (exact) mass is 410 g/mol. The van der Waals surface area contributed by atoms with E-state index in [1.54, 1.807) is 6.92 Å². The molecule has 1 amide bonds. The van der Waals surface area contributed by atoms with E-state index in [0.717, 1.165) is 0 Å². The van der Waals surface area contributed by atoms with Crippen LogP contribution in [0.5, 0.6) is 0 Å². The van der Waals surface area contributed by atoms with Gasteiger partial charge in [0.25, 0.3) is 0 Å². The molecule has 150 valence electrons. The van der Waals surface area contributed by atoms with Crippen LogP contribution in [-0.4, -0.2) is 31.0 Å². The summed E-state index contributed by atoms with van der Waals surface area (Å²) in [5.41, 5.74) is 5.82. The Bertz CT molecular complexity index is 993. The molecule has 2 rings (SSSR count). The van der Waals surface area contributed by atoms with Gasteiger partial charge in [0.15, 0.2) is 0 Å². The molecule has 0 bridgehead atoms. The molecule has 1 aromatic carbocycles. The van der Waals surface area contributed by atoms with Crippen molar-refractivity contribution in [3.8, 4) is 0 Å². The van der Waals surface area contributed by atoms with Crippen molar-refractivity contribution in [3.05, 3.63) is 46.0 Å². The number of sulfonamides is 1. The first-order valence-corrected chi connectivity index (χ1v) is 9.40. The fourth-order valence-electron chi connectivity index (χ4n) is 2.21. The Kier molecular flexibility index (Phi) is 6.33. The highest BCUT2D eigenvalue weighted by molar-refractivity contribution is 7.89. The zero-order valence-electron chi connectivity index (χ0n) is 14.7. The minimum absolute atomic E-state index is 0.0137. The molecule has 0 fully saturated rings. The average molecular weight is 410 g/mol. The molecular formula is C15H18N6O6S. The van der Waals surface area contributed by atoms with E-state index in [2.05, 4.69) is 15.6 Å². The Hall–Kier alpha value is -3.45. The fourth-order valence-corrected chi connectivity index (χ4v) is 2.73. The highest BCUT2D eigenvalue weighted by atomic mass is 32.2. The van der Waals surface area contributed by atoms with Crippen molar-refractivity contribution in [2.75, 3.05) is 23.0 Å². The maximum Gasteiger partial charge on any atom is 0.412 e. The molecule has 0 saturated heterocycles. The lowest BCUT2D eigenvalue weighted by Gasteiger charge is -2.11. The molecule has 0 saturated carbocycles. The van der Waals surface area contributed by atoms with Gasteiger partial charge in [-0.05, 0) is 24.6 Å². The number of hydrogen-bond donors (Lipinski definition) is 4. The van der Waals surface area contributed by atoms with E-state index in [4.69, 9.17) is 15.6 Å². The summed E-state index contributed by atoms with van der Waals surface area (Å²) in [5.74, 6) is -0.431. The van der Waals surface area contributed by atoms with E-state index in [0.29, 0.717) is 5.56 Å². The summed E-state index contributed by atoms with van der Waals surface area (Å²) in [6.45, 7) is 1.85. The van der Waals surface area contributed by atoms with Gasteiger partial charge in [-0.2, -0.15) is 0 Å². The Morgan fingerprint density at radius 2 is 1.96 bits per heavy atom. The topological polar surface area (TPSA) is 193 Å². The van der Waals surface area contributed by atoms with Crippen molar-refractivity contribution < 1.29 is 22.9 Å². The molecule has 1 heterocycles. The van der Waals surface area contributed by atoms with Crippen LogP contribution in [0.15, 0.2) is 35.2 Å². The lowest BCUT2D eigenvalue weighted by molar-refractivity contribution is -0.383. The van der Waals surface area contributed by atoms with Gasteiger partial charge >= 0.3 is 11.8 Å². The summed E-state index contributed by atoms with van der Waals surface area (Å²) in [6.07, 6.45) is -0.784. The fraction of sp³-hybridized carbons (Fsp3) is 0.200. The second-order valence-electron chi connectivity index (χ2n) is 5.43. The Morgan fingerprint density at radius 3 is 2.50 bits per heavy atom. The molecule has 0 aliphatic carbocycles. The van der Waals surface area contributed by atoms with Gasteiger partial charge in [-0.15, -0.1) is 0 Å². The normalized spacial score (nSPS) is 10.9. The van der Waals surface area contributed by atoms with Crippen LogP contribution in [0.1, 0.15) is 12.5 Å². The van der Waals surface area contributed by atoms with Crippen LogP contribution in [0.4, 0.5) is 27.8 Å². The van der Waals surface area contributed by atoms with Gasteiger partial charge in [-0.3, -0.25) is 15.4 Å². The first kappa shape index (κ1) is 20.9. The maximum atomic E-state index is 11.5. The lowest BCUT2D eigenvalue weighted by Crippen LogP contribution is -2.16. The molecule has 0 aliphatic rings. The van der Waals surface area contributed by atoms with Crippen molar-refractivity contribution in [3.63, 3.8) is 0 Å². The number of ether oxygens (including phenoxy) is 1. The molecule has 12 nitrogen and oxygen atoms in total. The van der Waals surface area contributed by atoms with Crippen molar-refractivity contribution in [2.45, 2.75) is 18.4 Å². The van der Waals surface area contributed by atoms with Crippen LogP contribution < -0.4 is 21.5 Å². The number of anilines is 3. The molecule has 2 aromatic rings. The average Bonchev–Trinajstić information content (AvgIpc) is 2.59. The molecule has 0 atom stereocenters. The molecule has 0 aliphatic heterocycles. The molecule has 1 aromatic heterocycles. The number of pyridine rings is 1. The van der Waals surface area contributed by atoms with Gasteiger partial charge in [-0.25, -0.2) is 23.3 Å². The van der Waals surface area contributed by atoms with Crippen LogP contribution in [0.2, 0.25) is 0 Å². The number of nitro groups is 1. The number of nitrogens with two attached hydrogens (primary N) is 2. The summed E-state index contributed by atoms with van der Waals surface area (Å²) >= 11 is 0. The van der Waals surface area contributed by atoms with E-state index >= 15 is 0 Å². The number of hydrogen-bond acceptors (Lipinski definition) is 9. The van der Waals surface area contributed by atoms with Crippen molar-refractivity contribution >= 4 is 39.1 Å². The summed E-state index contributed by atoms with van der Waals surface area (Å²) < 4.78 is 27.3. The first-order valence-electron chi connectivity index (χ1n) is 7.86. The number of rotatable bonds is 7. The third kappa shape index (κ3) is 5.28. The van der Waals surface area contributed by atoms with Gasteiger partial charge < -0.3 is 15.8 Å². The van der Waals surface area contributed by atoms with Crippen LogP contribution in [0, 0.1) is 10.1 Å². The van der Waals surface area contributed by atoms with E-state index in [9.17, 15) is 23.3 Å². The van der Waals surface area contributed by atoms with Crippen molar-refractivity contribution in [1.82, 2.24) is 4.98 Å². The second-order valence-corrected chi connectivity index (χ2v) is 7.00. The number of amides is 1. The number of nitrogens with one attached hydrogen (secondary N) is 2. The number of nitrogens with zero attached hydrogens (tertiary/aromatic N) is 2. The molecule has 28 heavy (non-hydrogen) atoms. The van der Waals surface area contributed by atoms with E-state index in [1.165, 1.54) is 30.3 Å². The highest BCUT2D eigenvalue weighted by Gasteiger charge is 2.22. The number of carbonyl (C=O) groups is 1. The van der Waals surface area contributed by atoms with Gasteiger partial charge in [0.05, 0.1) is 16.4 Å². The van der Waals surface area contributed by atoms with Gasteiger partial charge in [0, 0.05) is 12.6 Å². The first-order chi connectivity index (χ1) is 13.1. The third-order valence-corrected chi connectivity index (χ3v) is 4.37. The zero-order valence-corrected chi connectivity index (χ0v) is 15.5. The maximum absolute atomic E-state index is 11.5. The molecule has 0 spiro atoms. The minimum Gasteiger partial charge on any atom is -0.450 e. The summed E-state index contributed by atoms with van der Waals surface area (Å²) in [6, 6.07) is 6.87. The van der Waals surface area contributed by atoms with Crippen molar-refractivity contribution in [1.29, 1.82) is 0 Å². The second kappa shape index (κ2) is 8.49. The summed E-state index contributed by atoms with van der Waals surface area (Å²) in [4.78, 5) is 25.8. The number of carbonyl (C=O) groups excluding carboxylic acids is 1. The molecule has 0 radical (unpaired) electrons. The van der Waals surface area contributed by atoms with E-state index in [-0.39, 0.29) is 29.6 Å². The summed E-state index contributed by atoms with van der Waals surface area (Å²) in [5, 5.41) is 21.5. The van der Waals surface area contributed by atoms with Gasteiger partial charge in [-0.1, -0.05) is 12.1 Å². The van der Waals surface area contributed by atoms with E-state index in [1.807, 2.05) is 0 Å². The van der Waals surface area contributed by atoms with Gasteiger partial charge in [0.2, 0.25) is 15.8 Å². The molecule has 0 unspecified atom stereocenters. The number of primary sulfonamides is 1. The Balaban J connectivity index is 2.26. The Morgan fingerprint density at radius 1 is 1.32 bits per heavy atom. The SMILES string of the molecule is CCOC(=O)Nc1cc(NCc2ccc(S(N)(=O)=O)cc2)c([N+](=O)[O-])c(N)n1. The van der Waals surface area contributed by atoms with Gasteiger partial charge in [0.1, 0.15) is 11.5 Å². The predicted octanol–water partition coefficient (Wildman–Crippen LogP) is 1.40. The molecule has 13 heteroatoms. The predicted molar refractivity (Wildman–Crippen MR) is 101 cm³/mol. The van der Waals surface area contributed by atoms with Crippen LogP contribution >= 0.6 is 0 Å². The lowest BCUT2D eigenvalue weighted by atomic mass is 10.2. The number of benzene rings is 1. The largest absolute Gasteiger partial charge is 0.450 e. The van der Waals surface area contributed by atoms with Crippen LogP contribution in [-0.2, 0) is 21.3 Å².